The Morgan fingerprint density at radius 1 is 1.63 bits per heavy atom. The molecular formula is C12H17N3O3S. The number of anilines is 1. The van der Waals surface area contributed by atoms with Crippen LogP contribution in [-0.2, 0) is 20.7 Å². The van der Waals surface area contributed by atoms with Crippen LogP contribution in [0.25, 0.3) is 0 Å². The van der Waals surface area contributed by atoms with Crippen LogP contribution in [0.15, 0.2) is 5.38 Å². The summed E-state index contributed by atoms with van der Waals surface area (Å²) in [4.78, 5) is 29.0. The topological polar surface area (TPSA) is 71.5 Å². The first kappa shape index (κ1) is 13.8. The summed E-state index contributed by atoms with van der Waals surface area (Å²) in [6, 6.07) is 0. The van der Waals surface area contributed by atoms with E-state index in [1.165, 1.54) is 11.3 Å². The monoisotopic (exact) mass is 283 g/mol. The van der Waals surface area contributed by atoms with Gasteiger partial charge >= 0.3 is 5.97 Å². The number of carbonyl (C=O) groups excluding carboxylic acids is 2. The smallest absolute Gasteiger partial charge is 0.306 e. The van der Waals surface area contributed by atoms with Crippen LogP contribution in [-0.4, -0.2) is 43.1 Å². The van der Waals surface area contributed by atoms with Crippen molar-refractivity contribution in [2.24, 2.45) is 0 Å². The summed E-state index contributed by atoms with van der Waals surface area (Å²) in [6.07, 6.45) is 0.923. The summed E-state index contributed by atoms with van der Waals surface area (Å²) in [5.41, 5.74) is 0.874. The van der Waals surface area contributed by atoms with E-state index in [0.29, 0.717) is 32.5 Å². The van der Waals surface area contributed by atoms with Crippen molar-refractivity contribution in [3.63, 3.8) is 0 Å². The van der Waals surface area contributed by atoms with Crippen LogP contribution in [0.3, 0.4) is 0 Å². The fraction of sp³-hybridized carbons (Fsp3) is 0.583. The van der Waals surface area contributed by atoms with E-state index in [9.17, 15) is 9.59 Å². The van der Waals surface area contributed by atoms with Crippen molar-refractivity contribution in [2.45, 2.75) is 19.8 Å². The van der Waals surface area contributed by atoms with Gasteiger partial charge in [-0.1, -0.05) is 0 Å². The van der Waals surface area contributed by atoms with Crippen LogP contribution < -0.4 is 10.2 Å². The zero-order valence-electron chi connectivity index (χ0n) is 10.8. The third-order valence-electron chi connectivity index (χ3n) is 2.74. The highest BCUT2D eigenvalue weighted by Crippen LogP contribution is 2.21. The number of nitrogens with one attached hydrogen (secondary N) is 1. The molecule has 1 aliphatic heterocycles. The Hall–Kier alpha value is -1.63. The van der Waals surface area contributed by atoms with Gasteiger partial charge in [-0.3, -0.25) is 9.59 Å². The molecule has 0 unspecified atom stereocenters. The predicted octanol–water partition coefficient (Wildman–Crippen LogP) is 0.575. The first-order chi connectivity index (χ1) is 9.19. The number of hydrogen-bond acceptors (Lipinski definition) is 6. The highest BCUT2D eigenvalue weighted by atomic mass is 32.1. The summed E-state index contributed by atoms with van der Waals surface area (Å²) in [7, 11) is 0. The number of aromatic nitrogens is 1. The number of nitrogens with zero attached hydrogens (tertiary/aromatic N) is 2. The number of hydrogen-bond donors (Lipinski definition) is 1. The second kappa shape index (κ2) is 6.51. The van der Waals surface area contributed by atoms with E-state index in [-0.39, 0.29) is 11.9 Å². The van der Waals surface area contributed by atoms with Gasteiger partial charge in [0.2, 0.25) is 5.91 Å². The molecule has 1 amide bonds. The molecule has 6 nitrogen and oxygen atoms in total. The Morgan fingerprint density at radius 2 is 2.47 bits per heavy atom. The maximum absolute atomic E-state index is 11.3. The third-order valence-corrected chi connectivity index (χ3v) is 3.69. The highest BCUT2D eigenvalue weighted by Gasteiger charge is 2.19. The van der Waals surface area contributed by atoms with E-state index in [1.54, 1.807) is 6.92 Å². The standard InChI is InChI=1S/C12H17N3O3S/c1-2-18-11(17)4-3-9-8-19-12(14-9)15-6-5-13-10(16)7-15/h8H,2-7H2,1H3,(H,13,16). The molecule has 19 heavy (non-hydrogen) atoms. The van der Waals surface area contributed by atoms with E-state index < -0.39 is 0 Å². The number of thiazole rings is 1. The molecule has 0 atom stereocenters. The van der Waals surface area contributed by atoms with Crippen LogP contribution in [0.5, 0.6) is 0 Å². The van der Waals surface area contributed by atoms with Gasteiger partial charge in [0.25, 0.3) is 0 Å². The third kappa shape index (κ3) is 3.92. The molecule has 0 aliphatic carbocycles. The highest BCUT2D eigenvalue weighted by molar-refractivity contribution is 7.13. The van der Waals surface area contributed by atoms with Gasteiger partial charge in [0.05, 0.1) is 25.3 Å². The molecule has 0 spiro atoms. The normalized spacial score (nSPS) is 15.2. The van der Waals surface area contributed by atoms with Crippen molar-refractivity contribution in [2.75, 3.05) is 31.1 Å². The fourth-order valence-corrected chi connectivity index (χ4v) is 2.71. The van der Waals surface area contributed by atoms with E-state index >= 15 is 0 Å². The molecule has 1 aromatic rings. The predicted molar refractivity (Wildman–Crippen MR) is 72.3 cm³/mol. The summed E-state index contributed by atoms with van der Waals surface area (Å²) < 4.78 is 4.87. The number of piperazine rings is 1. The lowest BCUT2D eigenvalue weighted by Gasteiger charge is -2.25. The quantitative estimate of drug-likeness (QED) is 0.800. The molecule has 1 saturated heterocycles. The molecule has 7 heteroatoms. The first-order valence-corrected chi connectivity index (χ1v) is 7.18. The number of ether oxygens (including phenoxy) is 1. The van der Waals surface area contributed by atoms with Crippen LogP contribution in [0.2, 0.25) is 0 Å². The average molecular weight is 283 g/mol. The van der Waals surface area contributed by atoms with Gasteiger partial charge in [-0.15, -0.1) is 11.3 Å². The Morgan fingerprint density at radius 3 is 3.21 bits per heavy atom. The molecule has 2 heterocycles. The van der Waals surface area contributed by atoms with Gasteiger partial charge in [0, 0.05) is 24.9 Å². The molecule has 0 radical (unpaired) electrons. The Bertz CT molecular complexity index is 461. The fourth-order valence-electron chi connectivity index (χ4n) is 1.82. The molecule has 2 rings (SSSR count). The molecule has 1 aliphatic rings. The van der Waals surface area contributed by atoms with Gasteiger partial charge in [-0.2, -0.15) is 0 Å². The number of carbonyl (C=O) groups is 2. The lowest BCUT2D eigenvalue weighted by Crippen LogP contribution is -2.47. The van der Waals surface area contributed by atoms with E-state index in [2.05, 4.69) is 10.3 Å². The molecule has 104 valence electrons. The Balaban J connectivity index is 1.88. The van der Waals surface area contributed by atoms with E-state index in [4.69, 9.17) is 4.74 Å². The maximum atomic E-state index is 11.3. The van der Waals surface area contributed by atoms with Crippen molar-refractivity contribution in [1.82, 2.24) is 10.3 Å². The second-order valence-electron chi connectivity index (χ2n) is 4.20. The van der Waals surface area contributed by atoms with Gasteiger partial charge in [-0.25, -0.2) is 4.98 Å². The molecule has 0 aromatic carbocycles. The number of amides is 1. The first-order valence-electron chi connectivity index (χ1n) is 6.30. The number of rotatable bonds is 5. The minimum absolute atomic E-state index is 0.0227. The summed E-state index contributed by atoms with van der Waals surface area (Å²) in [6.45, 7) is 3.97. The van der Waals surface area contributed by atoms with Gasteiger partial charge < -0.3 is 15.0 Å². The molecule has 1 aromatic heterocycles. The second-order valence-corrected chi connectivity index (χ2v) is 5.03. The van der Waals surface area contributed by atoms with Crippen LogP contribution in [0.1, 0.15) is 19.0 Å². The van der Waals surface area contributed by atoms with Crippen LogP contribution in [0.4, 0.5) is 5.13 Å². The van der Waals surface area contributed by atoms with Crippen molar-refractivity contribution < 1.29 is 14.3 Å². The minimum atomic E-state index is -0.200. The lowest BCUT2D eigenvalue weighted by atomic mass is 10.2. The maximum Gasteiger partial charge on any atom is 0.306 e. The number of aryl methyl sites for hydroxylation is 1. The summed E-state index contributed by atoms with van der Waals surface area (Å²) in [5, 5.41) is 5.55. The van der Waals surface area contributed by atoms with E-state index in [0.717, 1.165) is 17.4 Å². The largest absolute Gasteiger partial charge is 0.466 e. The van der Waals surface area contributed by atoms with Crippen molar-refractivity contribution in [1.29, 1.82) is 0 Å². The summed E-state index contributed by atoms with van der Waals surface area (Å²) in [5.74, 6) is -0.177. The number of esters is 1. The molecule has 1 N–H and O–H groups in total. The van der Waals surface area contributed by atoms with Gasteiger partial charge in [0.15, 0.2) is 5.13 Å². The van der Waals surface area contributed by atoms with Crippen LogP contribution in [0, 0.1) is 0 Å². The minimum Gasteiger partial charge on any atom is -0.466 e. The SMILES string of the molecule is CCOC(=O)CCc1csc(N2CCNC(=O)C2)n1. The molecule has 0 saturated carbocycles. The molecule has 1 fully saturated rings. The van der Waals surface area contributed by atoms with Gasteiger partial charge in [-0.05, 0) is 6.92 Å². The van der Waals surface area contributed by atoms with Crippen molar-refractivity contribution >= 4 is 28.3 Å². The van der Waals surface area contributed by atoms with Crippen molar-refractivity contribution in [3.8, 4) is 0 Å². The Labute approximate surface area is 115 Å². The zero-order chi connectivity index (χ0) is 13.7. The van der Waals surface area contributed by atoms with Crippen LogP contribution >= 0.6 is 11.3 Å². The average Bonchev–Trinajstić information content (AvgIpc) is 2.85. The molecule has 0 bridgehead atoms. The zero-order valence-corrected chi connectivity index (χ0v) is 11.7. The lowest BCUT2D eigenvalue weighted by molar-refractivity contribution is -0.143. The van der Waals surface area contributed by atoms with E-state index in [1.807, 2.05) is 10.3 Å². The van der Waals surface area contributed by atoms with Crippen molar-refractivity contribution in [3.05, 3.63) is 11.1 Å². The Kier molecular flexibility index (Phi) is 4.73. The summed E-state index contributed by atoms with van der Waals surface area (Å²) >= 11 is 1.51. The molecular weight excluding hydrogens is 266 g/mol. The van der Waals surface area contributed by atoms with Gasteiger partial charge in [0.1, 0.15) is 0 Å².